The third-order valence-electron chi connectivity index (χ3n) is 6.43. The number of nitrogens with zero attached hydrogens (tertiary/aromatic N) is 3. The monoisotopic (exact) mass is 607 g/mol. The van der Waals surface area contributed by atoms with Crippen molar-refractivity contribution in [2.24, 2.45) is 11.1 Å². The molecule has 1 aromatic carbocycles. The molecule has 2 aromatic heterocycles. The number of ketones is 1. The van der Waals surface area contributed by atoms with Gasteiger partial charge in [-0.15, -0.1) is 0 Å². The van der Waals surface area contributed by atoms with Gasteiger partial charge in [0.1, 0.15) is 12.1 Å². The quantitative estimate of drug-likeness (QED) is 0.248. The second-order valence-corrected chi connectivity index (χ2v) is 10.7. The zero-order valence-corrected chi connectivity index (χ0v) is 21.7. The fraction of sp³-hybridized carbons (Fsp3) is 0.375. The average molecular weight is 608 g/mol. The Labute approximate surface area is 229 Å². The molecule has 4 rings (SSSR count). The number of carbonyl (C=O) groups is 1. The van der Waals surface area contributed by atoms with E-state index in [4.69, 9.17) is 5.14 Å². The molecule has 41 heavy (non-hydrogen) atoms. The van der Waals surface area contributed by atoms with Gasteiger partial charge in [-0.3, -0.25) is 8.98 Å². The van der Waals surface area contributed by atoms with E-state index in [0.717, 1.165) is 0 Å². The Balaban J connectivity index is 1.50. The molecule has 1 aliphatic rings. The first-order chi connectivity index (χ1) is 19.0. The SMILES string of the molecule is NS(=O)(=O)OC[C@H]1C[C@@H](Nc2ncncc2C(=O)c2ccn(Cc3cc(C(F)(F)F)cc(C(F)(F)F)c3)c2)C[C@@H]1O. The van der Waals surface area contributed by atoms with Crippen molar-refractivity contribution >= 4 is 21.9 Å². The molecule has 2 heterocycles. The summed E-state index contributed by atoms with van der Waals surface area (Å²) in [5.74, 6) is -1.04. The van der Waals surface area contributed by atoms with E-state index in [0.29, 0.717) is 12.1 Å². The second kappa shape index (κ2) is 11.4. The van der Waals surface area contributed by atoms with Crippen LogP contribution in [0.1, 0.15) is 45.5 Å². The zero-order chi connectivity index (χ0) is 30.2. The van der Waals surface area contributed by atoms with Crippen LogP contribution in [0.15, 0.2) is 49.2 Å². The van der Waals surface area contributed by atoms with Crippen LogP contribution in [-0.2, 0) is 33.4 Å². The van der Waals surface area contributed by atoms with Crippen molar-refractivity contribution in [1.29, 1.82) is 0 Å². The molecule has 10 nitrogen and oxygen atoms in total. The molecule has 0 spiro atoms. The van der Waals surface area contributed by atoms with Gasteiger partial charge in [-0.2, -0.15) is 34.8 Å². The predicted octanol–water partition coefficient (Wildman–Crippen LogP) is 3.37. The lowest BCUT2D eigenvalue weighted by Gasteiger charge is -2.15. The maximum absolute atomic E-state index is 13.2. The molecule has 1 fully saturated rings. The largest absolute Gasteiger partial charge is 0.416 e. The highest BCUT2D eigenvalue weighted by atomic mass is 32.2. The van der Waals surface area contributed by atoms with Crippen LogP contribution in [0.25, 0.3) is 0 Å². The fourth-order valence-corrected chi connectivity index (χ4v) is 4.90. The summed E-state index contributed by atoms with van der Waals surface area (Å²) in [5, 5.41) is 18.1. The van der Waals surface area contributed by atoms with Gasteiger partial charge in [0, 0.05) is 42.7 Å². The van der Waals surface area contributed by atoms with Gasteiger partial charge < -0.3 is 15.0 Å². The van der Waals surface area contributed by atoms with E-state index < -0.39 is 57.6 Å². The third-order valence-corrected chi connectivity index (χ3v) is 6.89. The van der Waals surface area contributed by atoms with E-state index in [2.05, 4.69) is 19.5 Å². The molecule has 3 atom stereocenters. The number of aliphatic hydroxyl groups excluding tert-OH is 1. The predicted molar refractivity (Wildman–Crippen MR) is 131 cm³/mol. The first-order valence-electron chi connectivity index (χ1n) is 11.9. The molecule has 1 saturated carbocycles. The molecule has 17 heteroatoms. The number of aliphatic hydroxyl groups is 1. The Morgan fingerprint density at radius 1 is 1.12 bits per heavy atom. The van der Waals surface area contributed by atoms with Crippen LogP contribution in [0.2, 0.25) is 0 Å². The topological polar surface area (TPSA) is 149 Å². The lowest BCUT2D eigenvalue weighted by Crippen LogP contribution is -2.24. The van der Waals surface area contributed by atoms with Gasteiger partial charge in [-0.05, 0) is 42.7 Å². The molecule has 0 saturated heterocycles. The number of carbonyl (C=O) groups excluding carboxylic acids is 1. The minimum absolute atomic E-state index is 0.0161. The second-order valence-electron chi connectivity index (χ2n) is 9.52. The Kier molecular flexibility index (Phi) is 8.45. The summed E-state index contributed by atoms with van der Waals surface area (Å²) in [4.78, 5) is 21.2. The molecule has 0 radical (unpaired) electrons. The van der Waals surface area contributed by atoms with Crippen molar-refractivity contribution in [1.82, 2.24) is 14.5 Å². The van der Waals surface area contributed by atoms with Crippen LogP contribution < -0.4 is 10.5 Å². The highest BCUT2D eigenvalue weighted by molar-refractivity contribution is 7.84. The Morgan fingerprint density at radius 3 is 2.39 bits per heavy atom. The van der Waals surface area contributed by atoms with Gasteiger partial charge in [0.2, 0.25) is 0 Å². The normalized spacial score (nSPS) is 19.9. The highest BCUT2D eigenvalue weighted by Crippen LogP contribution is 2.36. The van der Waals surface area contributed by atoms with E-state index in [1.807, 2.05) is 0 Å². The third kappa shape index (κ3) is 7.81. The first-order valence-corrected chi connectivity index (χ1v) is 13.4. The number of rotatable bonds is 9. The summed E-state index contributed by atoms with van der Waals surface area (Å²) >= 11 is 0. The van der Waals surface area contributed by atoms with Crippen molar-refractivity contribution in [2.75, 3.05) is 11.9 Å². The number of alkyl halides is 6. The zero-order valence-electron chi connectivity index (χ0n) is 20.9. The van der Waals surface area contributed by atoms with Crippen LogP contribution in [0, 0.1) is 5.92 Å². The smallest absolute Gasteiger partial charge is 0.393 e. The summed E-state index contributed by atoms with van der Waals surface area (Å²) in [6.45, 7) is -0.712. The highest BCUT2D eigenvalue weighted by Gasteiger charge is 2.37. The summed E-state index contributed by atoms with van der Waals surface area (Å²) in [6.07, 6.45) is -5.45. The average Bonchev–Trinajstić information content (AvgIpc) is 3.47. The van der Waals surface area contributed by atoms with Crippen LogP contribution in [0.5, 0.6) is 0 Å². The van der Waals surface area contributed by atoms with Gasteiger partial charge in [-0.25, -0.2) is 15.1 Å². The standard InChI is InChI=1S/C24H23F6N5O5S/c25-23(26,27)16-3-13(4-17(6-16)24(28,29)30)9-35-2-1-14(10-35)21(37)19-8-32-12-33-22(19)34-18-5-15(20(36)7-18)11-40-41(31,38)39/h1-4,6,8,10,12,15,18,20,36H,5,7,9,11H2,(H2,31,38,39)(H,32,33,34)/t15-,18-,20+/m1/s1. The Hall–Kier alpha value is -3.54. The molecule has 0 unspecified atom stereocenters. The molecular formula is C24H23F6N5O5S. The number of hydrogen-bond donors (Lipinski definition) is 3. The van der Waals surface area contributed by atoms with Gasteiger partial charge in [0.05, 0.1) is 29.4 Å². The van der Waals surface area contributed by atoms with Crippen LogP contribution in [0.4, 0.5) is 32.2 Å². The number of anilines is 1. The summed E-state index contributed by atoms with van der Waals surface area (Å²) < 4.78 is 107. The lowest BCUT2D eigenvalue weighted by atomic mass is 10.0. The molecule has 222 valence electrons. The number of nitrogens with two attached hydrogens (primary N) is 1. The summed E-state index contributed by atoms with van der Waals surface area (Å²) in [7, 11) is -4.19. The minimum atomic E-state index is -4.99. The molecule has 0 amide bonds. The molecule has 4 N–H and O–H groups in total. The summed E-state index contributed by atoms with van der Waals surface area (Å²) in [5.41, 5.74) is -3.08. The number of halogens is 6. The number of aromatic nitrogens is 3. The van der Waals surface area contributed by atoms with Crippen molar-refractivity contribution in [3.63, 3.8) is 0 Å². The lowest BCUT2D eigenvalue weighted by molar-refractivity contribution is -0.143. The van der Waals surface area contributed by atoms with Crippen LogP contribution in [-0.4, -0.2) is 52.6 Å². The molecule has 0 bridgehead atoms. The van der Waals surface area contributed by atoms with Gasteiger partial charge in [-0.1, -0.05) is 0 Å². The fourth-order valence-electron chi connectivity index (χ4n) is 4.54. The maximum atomic E-state index is 13.2. The van der Waals surface area contributed by atoms with E-state index >= 15 is 0 Å². The van der Waals surface area contributed by atoms with Crippen molar-refractivity contribution in [3.05, 3.63) is 77.0 Å². The summed E-state index contributed by atoms with van der Waals surface area (Å²) in [6, 6.07) is 2.19. The van der Waals surface area contributed by atoms with Gasteiger partial charge in [0.15, 0.2) is 5.78 Å². The minimum Gasteiger partial charge on any atom is -0.393 e. The Morgan fingerprint density at radius 2 is 1.78 bits per heavy atom. The van der Waals surface area contributed by atoms with Crippen LogP contribution >= 0.6 is 0 Å². The first kappa shape index (κ1) is 30.4. The van der Waals surface area contributed by atoms with Crippen molar-refractivity contribution in [2.45, 2.75) is 43.9 Å². The molecular weight excluding hydrogens is 584 g/mol. The van der Waals surface area contributed by atoms with E-state index in [1.54, 1.807) is 0 Å². The van der Waals surface area contributed by atoms with E-state index in [1.165, 1.54) is 35.6 Å². The van der Waals surface area contributed by atoms with E-state index in [-0.39, 0.29) is 54.6 Å². The number of benzene rings is 1. The van der Waals surface area contributed by atoms with Gasteiger partial charge in [0.25, 0.3) is 0 Å². The maximum Gasteiger partial charge on any atom is 0.416 e. The van der Waals surface area contributed by atoms with E-state index in [9.17, 15) is 44.7 Å². The molecule has 1 aliphatic carbocycles. The van der Waals surface area contributed by atoms with Crippen molar-refractivity contribution in [3.8, 4) is 0 Å². The van der Waals surface area contributed by atoms with Crippen LogP contribution in [0.3, 0.4) is 0 Å². The Bertz CT molecular complexity index is 1490. The number of nitrogens with one attached hydrogen (secondary N) is 1. The number of hydrogen-bond acceptors (Lipinski definition) is 8. The molecule has 3 aromatic rings. The molecule has 0 aliphatic heterocycles. The van der Waals surface area contributed by atoms with Gasteiger partial charge >= 0.3 is 22.7 Å². The van der Waals surface area contributed by atoms with Crippen molar-refractivity contribution < 1.29 is 48.8 Å².